The van der Waals surface area contributed by atoms with E-state index in [2.05, 4.69) is 11.4 Å². The Balaban J connectivity index is 2.69. The standard InChI is InChI=1S/C12H12N2O2/c1-9(6-12(15)16)8-14-11-5-3-2-4-10(11)7-13/h2-6,14H,8H2,1H3,(H,15,16)/b9-6-. The van der Waals surface area contributed by atoms with Crippen LogP contribution in [0.1, 0.15) is 12.5 Å². The Morgan fingerprint density at radius 2 is 2.25 bits per heavy atom. The Morgan fingerprint density at radius 3 is 2.88 bits per heavy atom. The van der Waals surface area contributed by atoms with Gasteiger partial charge in [-0.25, -0.2) is 4.79 Å². The molecule has 16 heavy (non-hydrogen) atoms. The van der Waals surface area contributed by atoms with Crippen LogP contribution < -0.4 is 5.32 Å². The van der Waals surface area contributed by atoms with Crippen LogP contribution in [-0.2, 0) is 4.79 Å². The molecule has 82 valence electrons. The van der Waals surface area contributed by atoms with Crippen LogP contribution in [0, 0.1) is 11.3 Å². The normalized spacial score (nSPS) is 10.6. The quantitative estimate of drug-likeness (QED) is 0.755. The van der Waals surface area contributed by atoms with E-state index in [0.29, 0.717) is 23.4 Å². The topological polar surface area (TPSA) is 73.1 Å². The summed E-state index contributed by atoms with van der Waals surface area (Å²) in [5.41, 5.74) is 1.95. The Labute approximate surface area is 93.8 Å². The van der Waals surface area contributed by atoms with Crippen LogP contribution in [-0.4, -0.2) is 17.6 Å². The number of nitrogens with one attached hydrogen (secondary N) is 1. The molecule has 0 unspecified atom stereocenters. The molecule has 0 radical (unpaired) electrons. The van der Waals surface area contributed by atoms with E-state index >= 15 is 0 Å². The molecule has 0 fully saturated rings. The van der Waals surface area contributed by atoms with E-state index < -0.39 is 5.97 Å². The maximum atomic E-state index is 10.4. The van der Waals surface area contributed by atoms with Gasteiger partial charge in [0.15, 0.2) is 0 Å². The smallest absolute Gasteiger partial charge is 0.328 e. The number of benzene rings is 1. The lowest BCUT2D eigenvalue weighted by Gasteiger charge is -2.07. The van der Waals surface area contributed by atoms with Crippen LogP contribution in [0.4, 0.5) is 5.69 Å². The second-order valence-corrected chi connectivity index (χ2v) is 3.34. The van der Waals surface area contributed by atoms with Crippen LogP contribution in [0.15, 0.2) is 35.9 Å². The Kier molecular flexibility index (Phi) is 4.10. The molecule has 0 amide bonds. The first kappa shape index (κ1) is 11.8. The number of carboxylic acids is 1. The van der Waals surface area contributed by atoms with Gasteiger partial charge in [-0.05, 0) is 24.6 Å². The lowest BCUT2D eigenvalue weighted by Crippen LogP contribution is -2.05. The molecule has 0 saturated carbocycles. The maximum Gasteiger partial charge on any atom is 0.328 e. The number of carboxylic acid groups (broad SMARTS) is 1. The van der Waals surface area contributed by atoms with Crippen molar-refractivity contribution in [1.29, 1.82) is 5.26 Å². The first-order valence-corrected chi connectivity index (χ1v) is 4.76. The minimum absolute atomic E-state index is 0.408. The Morgan fingerprint density at radius 1 is 1.56 bits per heavy atom. The van der Waals surface area contributed by atoms with Gasteiger partial charge in [-0.1, -0.05) is 12.1 Å². The fourth-order valence-electron chi connectivity index (χ4n) is 1.23. The fourth-order valence-corrected chi connectivity index (χ4v) is 1.23. The van der Waals surface area contributed by atoms with E-state index in [0.717, 1.165) is 6.08 Å². The van der Waals surface area contributed by atoms with E-state index in [4.69, 9.17) is 10.4 Å². The van der Waals surface area contributed by atoms with Crippen LogP contribution in [0.2, 0.25) is 0 Å². The maximum absolute atomic E-state index is 10.4. The van der Waals surface area contributed by atoms with Crippen molar-refractivity contribution in [3.05, 3.63) is 41.5 Å². The molecule has 1 rings (SSSR count). The second kappa shape index (κ2) is 5.56. The minimum atomic E-state index is -0.965. The van der Waals surface area contributed by atoms with Gasteiger partial charge in [0.05, 0.1) is 11.3 Å². The van der Waals surface area contributed by atoms with Gasteiger partial charge in [-0.15, -0.1) is 0 Å². The Bertz CT molecular complexity index is 458. The van der Waals surface area contributed by atoms with Gasteiger partial charge in [0.2, 0.25) is 0 Å². The van der Waals surface area contributed by atoms with E-state index in [1.54, 1.807) is 25.1 Å². The number of para-hydroxylation sites is 1. The van der Waals surface area contributed by atoms with Gasteiger partial charge in [0.25, 0.3) is 0 Å². The first-order chi connectivity index (χ1) is 7.63. The van der Waals surface area contributed by atoms with Crippen molar-refractivity contribution in [2.24, 2.45) is 0 Å². The average Bonchev–Trinajstić information content (AvgIpc) is 2.26. The molecule has 0 aliphatic carbocycles. The third kappa shape index (κ3) is 3.46. The zero-order chi connectivity index (χ0) is 12.0. The summed E-state index contributed by atoms with van der Waals surface area (Å²) in [6, 6.07) is 9.15. The van der Waals surface area contributed by atoms with Crippen LogP contribution >= 0.6 is 0 Å². The van der Waals surface area contributed by atoms with Gasteiger partial charge in [0, 0.05) is 12.6 Å². The van der Waals surface area contributed by atoms with Crippen molar-refractivity contribution < 1.29 is 9.90 Å². The molecule has 2 N–H and O–H groups in total. The van der Waals surface area contributed by atoms with Gasteiger partial charge < -0.3 is 10.4 Å². The number of aliphatic carboxylic acids is 1. The number of nitrogens with zero attached hydrogens (tertiary/aromatic N) is 1. The third-order valence-corrected chi connectivity index (χ3v) is 1.98. The van der Waals surface area contributed by atoms with Crippen molar-refractivity contribution in [1.82, 2.24) is 0 Å². The number of carbonyl (C=O) groups is 1. The van der Waals surface area contributed by atoms with Gasteiger partial charge in [-0.2, -0.15) is 5.26 Å². The van der Waals surface area contributed by atoms with E-state index in [1.807, 2.05) is 6.07 Å². The SMILES string of the molecule is C/C(=C/C(=O)O)CNc1ccccc1C#N. The summed E-state index contributed by atoms with van der Waals surface area (Å²) in [7, 11) is 0. The monoisotopic (exact) mass is 216 g/mol. The summed E-state index contributed by atoms with van der Waals surface area (Å²) in [6.07, 6.45) is 1.14. The molecule has 0 bridgehead atoms. The van der Waals surface area contributed by atoms with Gasteiger partial charge in [0.1, 0.15) is 6.07 Å². The lowest BCUT2D eigenvalue weighted by molar-refractivity contribution is -0.131. The van der Waals surface area contributed by atoms with Gasteiger partial charge in [-0.3, -0.25) is 0 Å². The molecule has 0 aliphatic heterocycles. The van der Waals surface area contributed by atoms with Crippen molar-refractivity contribution in [2.45, 2.75) is 6.92 Å². The van der Waals surface area contributed by atoms with E-state index in [-0.39, 0.29) is 0 Å². The van der Waals surface area contributed by atoms with Crippen molar-refractivity contribution in [2.75, 3.05) is 11.9 Å². The van der Waals surface area contributed by atoms with E-state index in [1.165, 1.54) is 0 Å². The second-order valence-electron chi connectivity index (χ2n) is 3.34. The first-order valence-electron chi connectivity index (χ1n) is 4.76. The Hall–Kier alpha value is -2.28. The van der Waals surface area contributed by atoms with Crippen molar-refractivity contribution in [3.8, 4) is 6.07 Å². The zero-order valence-electron chi connectivity index (χ0n) is 8.90. The highest BCUT2D eigenvalue weighted by Gasteiger charge is 2.00. The summed E-state index contributed by atoms with van der Waals surface area (Å²) in [5.74, 6) is -0.965. The van der Waals surface area contributed by atoms with Crippen molar-refractivity contribution in [3.63, 3.8) is 0 Å². The highest BCUT2D eigenvalue weighted by atomic mass is 16.4. The number of rotatable bonds is 4. The average molecular weight is 216 g/mol. The fraction of sp³-hybridized carbons (Fsp3) is 0.167. The van der Waals surface area contributed by atoms with Gasteiger partial charge >= 0.3 is 5.97 Å². The van der Waals surface area contributed by atoms with Crippen LogP contribution in [0.3, 0.4) is 0 Å². The third-order valence-electron chi connectivity index (χ3n) is 1.98. The van der Waals surface area contributed by atoms with Crippen LogP contribution in [0.25, 0.3) is 0 Å². The predicted molar refractivity (Wildman–Crippen MR) is 61.0 cm³/mol. The zero-order valence-corrected chi connectivity index (χ0v) is 8.90. The molecule has 1 aromatic carbocycles. The molecule has 0 atom stereocenters. The molecule has 0 spiro atoms. The lowest BCUT2D eigenvalue weighted by atomic mass is 10.2. The highest BCUT2D eigenvalue weighted by Crippen LogP contribution is 2.13. The molecule has 0 heterocycles. The molecular formula is C12H12N2O2. The number of hydrogen-bond acceptors (Lipinski definition) is 3. The summed E-state index contributed by atoms with van der Waals surface area (Å²) >= 11 is 0. The van der Waals surface area contributed by atoms with Crippen LogP contribution in [0.5, 0.6) is 0 Å². The number of anilines is 1. The molecule has 0 aliphatic rings. The largest absolute Gasteiger partial charge is 0.478 e. The number of hydrogen-bond donors (Lipinski definition) is 2. The summed E-state index contributed by atoms with van der Waals surface area (Å²) in [5, 5.41) is 20.4. The summed E-state index contributed by atoms with van der Waals surface area (Å²) in [6.45, 7) is 2.13. The molecule has 0 aromatic heterocycles. The summed E-state index contributed by atoms with van der Waals surface area (Å²) < 4.78 is 0. The molecule has 4 nitrogen and oxygen atoms in total. The van der Waals surface area contributed by atoms with E-state index in [9.17, 15) is 4.79 Å². The molecule has 1 aromatic rings. The molecular weight excluding hydrogens is 204 g/mol. The van der Waals surface area contributed by atoms with Crippen molar-refractivity contribution >= 4 is 11.7 Å². The predicted octanol–water partition coefficient (Wildman–Crippen LogP) is 2.00. The number of nitriles is 1. The minimum Gasteiger partial charge on any atom is -0.478 e. The molecule has 0 saturated heterocycles. The summed E-state index contributed by atoms with van der Waals surface area (Å²) in [4.78, 5) is 10.4. The highest BCUT2D eigenvalue weighted by molar-refractivity contribution is 5.80. The molecule has 4 heteroatoms.